The number of benzene rings is 2. The largest absolute Gasteiger partial charge is 0.493 e. The van der Waals surface area contributed by atoms with Crippen LogP contribution in [0.1, 0.15) is 28.8 Å². The van der Waals surface area contributed by atoms with Crippen LogP contribution in [0.25, 0.3) is 0 Å². The second-order valence-electron chi connectivity index (χ2n) is 6.42. The highest BCUT2D eigenvalue weighted by Gasteiger charge is 2.14. The minimum Gasteiger partial charge on any atom is -0.493 e. The molecule has 2 aromatic carbocycles. The Bertz CT molecular complexity index is 722. The van der Waals surface area contributed by atoms with Gasteiger partial charge in [0.05, 0.1) is 6.61 Å². The van der Waals surface area contributed by atoms with Crippen molar-refractivity contribution >= 4 is 17.3 Å². The summed E-state index contributed by atoms with van der Waals surface area (Å²) in [6, 6.07) is 12.8. The van der Waals surface area contributed by atoms with Crippen molar-refractivity contribution in [2.24, 2.45) is 5.92 Å². The number of nitrogens with two attached hydrogens (primary N) is 1. The van der Waals surface area contributed by atoms with E-state index in [4.69, 9.17) is 15.2 Å². The van der Waals surface area contributed by atoms with Gasteiger partial charge < -0.3 is 20.5 Å². The third-order valence-corrected chi connectivity index (χ3v) is 4.45. The van der Waals surface area contributed by atoms with Gasteiger partial charge in [-0.2, -0.15) is 0 Å². The molecule has 0 aliphatic carbocycles. The first-order valence-corrected chi connectivity index (χ1v) is 8.60. The van der Waals surface area contributed by atoms with Gasteiger partial charge in [-0.25, -0.2) is 0 Å². The Kier molecular flexibility index (Phi) is 5.56. The van der Waals surface area contributed by atoms with Crippen molar-refractivity contribution < 1.29 is 14.3 Å². The monoisotopic (exact) mass is 340 g/mol. The van der Waals surface area contributed by atoms with Crippen molar-refractivity contribution in [2.75, 3.05) is 30.9 Å². The molecule has 0 aromatic heterocycles. The Morgan fingerprint density at radius 1 is 1.20 bits per heavy atom. The normalized spacial score (nSPS) is 14.9. The first-order valence-electron chi connectivity index (χ1n) is 8.60. The Hall–Kier alpha value is -2.53. The van der Waals surface area contributed by atoms with Gasteiger partial charge in [0.25, 0.3) is 5.91 Å². The summed E-state index contributed by atoms with van der Waals surface area (Å²) in [6.45, 7) is 4.24. The average Bonchev–Trinajstić information content (AvgIpc) is 2.64. The van der Waals surface area contributed by atoms with Crippen LogP contribution >= 0.6 is 0 Å². The van der Waals surface area contributed by atoms with Crippen LogP contribution in [0.2, 0.25) is 0 Å². The zero-order valence-electron chi connectivity index (χ0n) is 14.5. The number of anilines is 2. The van der Waals surface area contributed by atoms with Crippen molar-refractivity contribution in [3.63, 3.8) is 0 Å². The average molecular weight is 340 g/mol. The lowest BCUT2D eigenvalue weighted by Crippen LogP contribution is -2.21. The zero-order valence-corrected chi connectivity index (χ0v) is 14.5. The molecule has 3 N–H and O–H groups in total. The summed E-state index contributed by atoms with van der Waals surface area (Å²) in [7, 11) is 0. The van der Waals surface area contributed by atoms with Gasteiger partial charge >= 0.3 is 0 Å². The lowest BCUT2D eigenvalue weighted by molar-refractivity contribution is 0.0497. The lowest BCUT2D eigenvalue weighted by atomic mass is 10.0. The predicted octanol–water partition coefficient (Wildman–Crippen LogP) is 3.63. The third-order valence-electron chi connectivity index (χ3n) is 4.45. The number of carbonyl (C=O) groups is 1. The zero-order chi connectivity index (χ0) is 17.6. The van der Waals surface area contributed by atoms with Gasteiger partial charge in [0.1, 0.15) is 5.75 Å². The molecular weight excluding hydrogens is 316 g/mol. The summed E-state index contributed by atoms with van der Waals surface area (Å²) in [5.74, 6) is 1.20. The number of amides is 1. The molecule has 5 nitrogen and oxygen atoms in total. The molecule has 3 rings (SSSR count). The van der Waals surface area contributed by atoms with Crippen molar-refractivity contribution in [3.05, 3.63) is 53.6 Å². The standard InChI is InChI=1S/C20H24N2O3/c1-14-2-3-16(21)12-19(14)20(23)22-17-4-6-18(7-5-17)25-13-15-8-10-24-11-9-15/h2-7,12,15H,8-11,13,21H2,1H3,(H,22,23). The third kappa shape index (κ3) is 4.73. The fourth-order valence-electron chi connectivity index (χ4n) is 2.84. The number of ether oxygens (including phenoxy) is 2. The molecule has 1 heterocycles. The van der Waals surface area contributed by atoms with E-state index < -0.39 is 0 Å². The first-order chi connectivity index (χ1) is 12.1. The van der Waals surface area contributed by atoms with Gasteiger partial charge in [0.2, 0.25) is 0 Å². The molecule has 25 heavy (non-hydrogen) atoms. The molecule has 0 unspecified atom stereocenters. The molecular formula is C20H24N2O3. The second kappa shape index (κ2) is 8.03. The van der Waals surface area contributed by atoms with Gasteiger partial charge in [-0.05, 0) is 67.6 Å². The molecule has 1 amide bonds. The number of carbonyl (C=O) groups excluding carboxylic acids is 1. The van der Waals surface area contributed by atoms with Gasteiger partial charge in [-0.15, -0.1) is 0 Å². The van der Waals surface area contributed by atoms with E-state index in [1.54, 1.807) is 12.1 Å². The van der Waals surface area contributed by atoms with Crippen molar-refractivity contribution in [1.82, 2.24) is 0 Å². The van der Waals surface area contributed by atoms with E-state index in [1.807, 2.05) is 37.3 Å². The molecule has 132 valence electrons. The highest BCUT2D eigenvalue weighted by molar-refractivity contribution is 6.05. The molecule has 0 radical (unpaired) electrons. The molecule has 5 heteroatoms. The Labute approximate surface area is 148 Å². The van der Waals surface area contributed by atoms with E-state index in [2.05, 4.69) is 5.32 Å². The molecule has 1 aliphatic rings. The van der Waals surface area contributed by atoms with Crippen LogP contribution < -0.4 is 15.8 Å². The number of nitrogens with one attached hydrogen (secondary N) is 1. The number of rotatable bonds is 5. The van der Waals surface area contributed by atoms with Crippen LogP contribution in [0.4, 0.5) is 11.4 Å². The quantitative estimate of drug-likeness (QED) is 0.815. The summed E-state index contributed by atoms with van der Waals surface area (Å²) in [5.41, 5.74) is 8.55. The molecule has 1 fully saturated rings. The van der Waals surface area contributed by atoms with Crippen LogP contribution in [0, 0.1) is 12.8 Å². The maximum Gasteiger partial charge on any atom is 0.256 e. The topological polar surface area (TPSA) is 73.6 Å². The molecule has 2 aromatic rings. The predicted molar refractivity (Wildman–Crippen MR) is 99.0 cm³/mol. The highest BCUT2D eigenvalue weighted by atomic mass is 16.5. The van der Waals surface area contributed by atoms with E-state index in [9.17, 15) is 4.79 Å². The van der Waals surface area contributed by atoms with Gasteiger partial charge in [0.15, 0.2) is 0 Å². The molecule has 0 bridgehead atoms. The fraction of sp³-hybridized carbons (Fsp3) is 0.350. The molecule has 1 saturated heterocycles. The van der Waals surface area contributed by atoms with E-state index >= 15 is 0 Å². The fourth-order valence-corrected chi connectivity index (χ4v) is 2.84. The number of hydrogen-bond donors (Lipinski definition) is 2. The second-order valence-corrected chi connectivity index (χ2v) is 6.42. The molecule has 0 atom stereocenters. The summed E-state index contributed by atoms with van der Waals surface area (Å²) in [4.78, 5) is 12.4. The van der Waals surface area contributed by atoms with E-state index in [0.717, 1.165) is 43.1 Å². The van der Waals surface area contributed by atoms with Crippen molar-refractivity contribution in [3.8, 4) is 5.75 Å². The lowest BCUT2D eigenvalue weighted by Gasteiger charge is -2.22. The van der Waals surface area contributed by atoms with E-state index in [0.29, 0.717) is 23.8 Å². The van der Waals surface area contributed by atoms with Crippen LogP contribution in [0.5, 0.6) is 5.75 Å². The van der Waals surface area contributed by atoms with Gasteiger partial charge in [-0.3, -0.25) is 4.79 Å². The Morgan fingerprint density at radius 3 is 2.64 bits per heavy atom. The Morgan fingerprint density at radius 2 is 1.92 bits per heavy atom. The first kappa shape index (κ1) is 17.3. The van der Waals surface area contributed by atoms with Crippen LogP contribution in [-0.2, 0) is 4.74 Å². The van der Waals surface area contributed by atoms with Crippen LogP contribution in [0.15, 0.2) is 42.5 Å². The maximum absolute atomic E-state index is 12.4. The minimum atomic E-state index is -0.166. The highest BCUT2D eigenvalue weighted by Crippen LogP contribution is 2.21. The summed E-state index contributed by atoms with van der Waals surface area (Å²) >= 11 is 0. The summed E-state index contributed by atoms with van der Waals surface area (Å²) in [5, 5.41) is 2.89. The molecule has 0 spiro atoms. The number of hydrogen-bond acceptors (Lipinski definition) is 4. The summed E-state index contributed by atoms with van der Waals surface area (Å²) in [6.07, 6.45) is 2.10. The van der Waals surface area contributed by atoms with E-state index in [-0.39, 0.29) is 5.91 Å². The number of aryl methyl sites for hydroxylation is 1. The van der Waals surface area contributed by atoms with Crippen LogP contribution in [0.3, 0.4) is 0 Å². The van der Waals surface area contributed by atoms with Crippen molar-refractivity contribution in [2.45, 2.75) is 19.8 Å². The smallest absolute Gasteiger partial charge is 0.256 e. The van der Waals surface area contributed by atoms with Crippen LogP contribution in [-0.4, -0.2) is 25.7 Å². The SMILES string of the molecule is Cc1ccc(N)cc1C(=O)Nc1ccc(OCC2CCOCC2)cc1. The molecule has 1 aliphatic heterocycles. The van der Waals surface area contributed by atoms with E-state index in [1.165, 1.54) is 0 Å². The maximum atomic E-state index is 12.4. The van der Waals surface area contributed by atoms with Crippen molar-refractivity contribution in [1.29, 1.82) is 0 Å². The van der Waals surface area contributed by atoms with Gasteiger partial charge in [0, 0.05) is 30.2 Å². The minimum absolute atomic E-state index is 0.166. The van der Waals surface area contributed by atoms with Gasteiger partial charge in [-0.1, -0.05) is 6.07 Å². The Balaban J connectivity index is 1.56. The molecule has 0 saturated carbocycles. The summed E-state index contributed by atoms with van der Waals surface area (Å²) < 4.78 is 11.2. The number of nitrogen functional groups attached to an aromatic ring is 1.